The Labute approximate surface area is 183 Å². The molecule has 6 heteroatoms. The Morgan fingerprint density at radius 3 is 2.58 bits per heavy atom. The van der Waals surface area contributed by atoms with Gasteiger partial charge in [-0.3, -0.25) is 9.59 Å². The zero-order valence-electron chi connectivity index (χ0n) is 19.0. The summed E-state index contributed by atoms with van der Waals surface area (Å²) < 4.78 is 1.83. The smallest absolute Gasteiger partial charge is 0.315 e. The average molecular weight is 424 g/mol. The van der Waals surface area contributed by atoms with Gasteiger partial charge in [-0.15, -0.1) is 0 Å². The fourth-order valence-electron chi connectivity index (χ4n) is 5.47. The van der Waals surface area contributed by atoms with Crippen molar-refractivity contribution in [3.05, 3.63) is 57.3 Å². The summed E-state index contributed by atoms with van der Waals surface area (Å²) in [6.45, 7) is 6.87. The molecule has 1 aromatic heterocycles. The van der Waals surface area contributed by atoms with Crippen LogP contribution in [0.15, 0.2) is 29.1 Å². The molecule has 1 atom stereocenters. The fourth-order valence-corrected chi connectivity index (χ4v) is 5.47. The summed E-state index contributed by atoms with van der Waals surface area (Å²) in [6.07, 6.45) is 5.93. The maximum absolute atomic E-state index is 13.1. The van der Waals surface area contributed by atoms with E-state index in [2.05, 4.69) is 50.0 Å². The number of aryl methyl sites for hydroxylation is 1. The minimum Gasteiger partial charge on any atom is -0.501 e. The van der Waals surface area contributed by atoms with Crippen molar-refractivity contribution in [3.63, 3.8) is 0 Å². The maximum Gasteiger partial charge on any atom is 0.315 e. The SMILES string of the molecule is CCc1cccc(C2(Cc3nc(=O)c(O)c4n3C[C@H](C(C)C)N(C)C4=O)CCCC2)c1. The van der Waals surface area contributed by atoms with Crippen molar-refractivity contribution in [2.75, 3.05) is 7.05 Å². The largest absolute Gasteiger partial charge is 0.501 e. The molecule has 2 aromatic rings. The lowest BCUT2D eigenvalue weighted by molar-refractivity contribution is 0.0581. The molecular formula is C25H33N3O3. The molecule has 6 nitrogen and oxygen atoms in total. The second kappa shape index (κ2) is 8.13. The van der Waals surface area contributed by atoms with Gasteiger partial charge in [0.2, 0.25) is 5.75 Å². The lowest BCUT2D eigenvalue weighted by atomic mass is 9.75. The van der Waals surface area contributed by atoms with Crippen LogP contribution in [0.2, 0.25) is 0 Å². The number of nitrogens with zero attached hydrogens (tertiary/aromatic N) is 3. The van der Waals surface area contributed by atoms with Crippen molar-refractivity contribution in [2.45, 2.75) is 77.3 Å². The zero-order valence-corrected chi connectivity index (χ0v) is 19.0. The number of benzene rings is 1. The number of hydrogen-bond donors (Lipinski definition) is 1. The van der Waals surface area contributed by atoms with Crippen LogP contribution in [0.1, 0.15) is 73.9 Å². The van der Waals surface area contributed by atoms with Crippen LogP contribution in [0.25, 0.3) is 0 Å². The standard InChI is InChI=1S/C25H33N3O3/c1-5-17-9-8-10-18(13-17)25(11-6-7-12-25)14-20-26-23(30)22(29)21-24(31)27(4)19(16(2)3)15-28(20)21/h8-10,13,16,19,29H,5-7,11-12,14-15H2,1-4H3/t19-/m1/s1. The normalized spacial score (nSPS) is 20.4. The van der Waals surface area contributed by atoms with Gasteiger partial charge in [-0.05, 0) is 36.3 Å². The van der Waals surface area contributed by atoms with Gasteiger partial charge in [-0.1, -0.05) is 57.9 Å². The van der Waals surface area contributed by atoms with E-state index in [1.807, 2.05) is 4.57 Å². The Hall–Kier alpha value is -2.63. The molecule has 0 radical (unpaired) electrons. The maximum atomic E-state index is 13.1. The third-order valence-corrected chi connectivity index (χ3v) is 7.40. The third kappa shape index (κ3) is 3.66. The Balaban J connectivity index is 1.84. The number of amides is 1. The molecule has 1 aromatic carbocycles. The van der Waals surface area contributed by atoms with Crippen LogP contribution in [-0.2, 0) is 24.8 Å². The second-order valence-electron chi connectivity index (χ2n) is 9.59. The van der Waals surface area contributed by atoms with Gasteiger partial charge in [0.25, 0.3) is 5.91 Å². The van der Waals surface area contributed by atoms with Crippen LogP contribution in [0.4, 0.5) is 0 Å². The summed E-state index contributed by atoms with van der Waals surface area (Å²) >= 11 is 0. The number of aromatic hydroxyl groups is 1. The first-order valence-corrected chi connectivity index (χ1v) is 11.5. The van der Waals surface area contributed by atoms with E-state index in [-0.39, 0.29) is 29.0 Å². The monoisotopic (exact) mass is 423 g/mol. The molecule has 1 aliphatic heterocycles. The van der Waals surface area contributed by atoms with E-state index in [1.54, 1.807) is 11.9 Å². The summed E-state index contributed by atoms with van der Waals surface area (Å²) in [5, 5.41) is 10.4. The van der Waals surface area contributed by atoms with Crippen molar-refractivity contribution in [1.82, 2.24) is 14.5 Å². The van der Waals surface area contributed by atoms with Crippen LogP contribution in [0.5, 0.6) is 5.75 Å². The van der Waals surface area contributed by atoms with Gasteiger partial charge in [-0.25, -0.2) is 0 Å². The third-order valence-electron chi connectivity index (χ3n) is 7.40. The van der Waals surface area contributed by atoms with Crippen molar-refractivity contribution in [3.8, 4) is 5.75 Å². The molecule has 31 heavy (non-hydrogen) atoms. The lowest BCUT2D eigenvalue weighted by Gasteiger charge is -2.39. The highest BCUT2D eigenvalue weighted by Gasteiger charge is 2.40. The Morgan fingerprint density at radius 1 is 1.23 bits per heavy atom. The molecule has 166 valence electrons. The second-order valence-corrected chi connectivity index (χ2v) is 9.59. The van der Waals surface area contributed by atoms with Crippen LogP contribution in [0, 0.1) is 5.92 Å². The minimum atomic E-state index is -0.707. The molecule has 0 bridgehead atoms. The molecule has 0 unspecified atom stereocenters. The van der Waals surface area contributed by atoms with Gasteiger partial charge in [0.05, 0.1) is 6.04 Å². The molecule has 1 aliphatic carbocycles. The number of carbonyl (C=O) groups is 1. The Kier molecular flexibility index (Phi) is 5.67. The summed E-state index contributed by atoms with van der Waals surface area (Å²) in [5.41, 5.74) is 1.88. The first-order valence-electron chi connectivity index (χ1n) is 11.5. The summed E-state index contributed by atoms with van der Waals surface area (Å²) in [5.74, 6) is 0.0276. The Morgan fingerprint density at radius 2 is 1.94 bits per heavy atom. The number of fused-ring (bicyclic) bond motifs is 1. The highest BCUT2D eigenvalue weighted by molar-refractivity contribution is 5.95. The molecular weight excluding hydrogens is 390 g/mol. The van der Waals surface area contributed by atoms with Crippen molar-refractivity contribution >= 4 is 5.91 Å². The van der Waals surface area contributed by atoms with Crippen molar-refractivity contribution in [1.29, 1.82) is 0 Å². The lowest BCUT2D eigenvalue weighted by Crippen LogP contribution is -2.50. The van der Waals surface area contributed by atoms with Crippen LogP contribution in [-0.4, -0.2) is 38.6 Å². The quantitative estimate of drug-likeness (QED) is 0.796. The number of hydrogen-bond acceptors (Lipinski definition) is 4. The van der Waals surface area contributed by atoms with Crippen LogP contribution < -0.4 is 5.56 Å². The van der Waals surface area contributed by atoms with E-state index >= 15 is 0 Å². The number of rotatable bonds is 5. The van der Waals surface area contributed by atoms with Gasteiger partial charge in [-0.2, -0.15) is 4.98 Å². The van der Waals surface area contributed by atoms with E-state index in [1.165, 1.54) is 11.1 Å². The highest BCUT2D eigenvalue weighted by atomic mass is 16.3. The van der Waals surface area contributed by atoms with Gasteiger partial charge in [0, 0.05) is 25.4 Å². The predicted octanol–water partition coefficient (Wildman–Crippen LogP) is 3.68. The highest BCUT2D eigenvalue weighted by Crippen LogP contribution is 2.44. The van der Waals surface area contributed by atoms with Crippen LogP contribution >= 0.6 is 0 Å². The summed E-state index contributed by atoms with van der Waals surface area (Å²) in [7, 11) is 1.75. The van der Waals surface area contributed by atoms with Crippen molar-refractivity contribution < 1.29 is 9.90 Å². The van der Waals surface area contributed by atoms with Crippen molar-refractivity contribution in [2.24, 2.45) is 5.92 Å². The van der Waals surface area contributed by atoms with Gasteiger partial charge in [0.15, 0.2) is 5.69 Å². The zero-order chi connectivity index (χ0) is 22.3. The first kappa shape index (κ1) is 21.6. The number of carbonyl (C=O) groups excluding carboxylic acids is 1. The predicted molar refractivity (Wildman–Crippen MR) is 121 cm³/mol. The van der Waals surface area contributed by atoms with E-state index in [0.29, 0.717) is 18.8 Å². The average Bonchev–Trinajstić information content (AvgIpc) is 3.23. The van der Waals surface area contributed by atoms with Gasteiger partial charge < -0.3 is 14.6 Å². The van der Waals surface area contributed by atoms with E-state index < -0.39 is 11.3 Å². The first-order chi connectivity index (χ1) is 14.8. The molecule has 0 saturated heterocycles. The fraction of sp³-hybridized carbons (Fsp3) is 0.560. The summed E-state index contributed by atoms with van der Waals surface area (Å²) in [4.78, 5) is 31.6. The summed E-state index contributed by atoms with van der Waals surface area (Å²) in [6, 6.07) is 8.74. The van der Waals surface area contributed by atoms with Gasteiger partial charge >= 0.3 is 5.56 Å². The molecule has 2 heterocycles. The molecule has 4 rings (SSSR count). The Bertz CT molecular complexity index is 1050. The molecule has 1 N–H and O–H groups in total. The number of likely N-dealkylation sites (N-methyl/N-ethyl adjacent to an activating group) is 1. The van der Waals surface area contributed by atoms with E-state index in [9.17, 15) is 14.7 Å². The van der Waals surface area contributed by atoms with E-state index in [4.69, 9.17) is 0 Å². The minimum absolute atomic E-state index is 0.00889. The van der Waals surface area contributed by atoms with E-state index in [0.717, 1.165) is 32.1 Å². The molecule has 1 fully saturated rings. The molecule has 1 amide bonds. The molecule has 0 spiro atoms. The van der Waals surface area contributed by atoms with Crippen LogP contribution in [0.3, 0.4) is 0 Å². The topological polar surface area (TPSA) is 75.4 Å². The molecule has 1 saturated carbocycles. The number of aromatic nitrogens is 2. The van der Waals surface area contributed by atoms with Gasteiger partial charge in [0.1, 0.15) is 5.82 Å². The molecule has 2 aliphatic rings.